The molecule has 0 spiro atoms. The van der Waals surface area contributed by atoms with Crippen LogP contribution in [0.15, 0.2) is 16.6 Å². The highest BCUT2D eigenvalue weighted by Crippen LogP contribution is 2.33. The molecule has 0 aliphatic carbocycles. The first-order valence-electron chi connectivity index (χ1n) is 4.30. The molecule has 0 aliphatic rings. The molecule has 0 aliphatic heterocycles. The van der Waals surface area contributed by atoms with Gasteiger partial charge in [0.25, 0.3) is 0 Å². The Labute approximate surface area is 103 Å². The molecule has 1 aromatic rings. The highest BCUT2D eigenvalue weighted by molar-refractivity contribution is 9.10. The third-order valence-corrected chi connectivity index (χ3v) is 2.69. The molecule has 0 saturated carbocycles. The quantitative estimate of drug-likeness (QED) is 0.635. The fourth-order valence-electron chi connectivity index (χ4n) is 1.20. The Hall–Kier alpha value is -1.37. The maximum absolute atomic E-state index is 12.1. The van der Waals surface area contributed by atoms with Crippen LogP contribution in [0, 0.1) is 0 Å². The van der Waals surface area contributed by atoms with Crippen LogP contribution in [0.2, 0.25) is 0 Å². The number of ketones is 1. The second-order valence-corrected chi connectivity index (χ2v) is 3.86. The number of hydrogen-bond acceptors (Lipinski definition) is 3. The molecule has 17 heavy (non-hydrogen) atoms. The van der Waals surface area contributed by atoms with Crippen molar-refractivity contribution in [2.45, 2.75) is 13.3 Å². The molecule has 0 bridgehead atoms. The highest BCUT2D eigenvalue weighted by Gasteiger charge is 2.33. The van der Waals surface area contributed by atoms with E-state index in [1.807, 2.05) is 0 Å². The highest BCUT2D eigenvalue weighted by atomic mass is 79.9. The number of hydrogen-bond donors (Lipinski definition) is 0. The van der Waals surface area contributed by atoms with Gasteiger partial charge in [0.15, 0.2) is 12.1 Å². The Bertz CT molecular complexity index is 469. The summed E-state index contributed by atoms with van der Waals surface area (Å²) >= 11 is 2.90. The average molecular weight is 311 g/mol. The number of benzene rings is 1. The molecular formula is C10H6BrF3O3. The lowest BCUT2D eigenvalue weighted by Crippen LogP contribution is -2.19. The third-order valence-electron chi connectivity index (χ3n) is 1.84. The SMILES string of the molecule is CC(=O)c1c(OC(F)(F)F)ccc(C=O)c1Br. The minimum Gasteiger partial charge on any atom is -0.405 e. The topological polar surface area (TPSA) is 43.4 Å². The van der Waals surface area contributed by atoms with Crippen molar-refractivity contribution < 1.29 is 27.5 Å². The summed E-state index contributed by atoms with van der Waals surface area (Å²) in [6.07, 6.45) is -4.47. The number of carbonyl (C=O) groups excluding carboxylic acids is 2. The van der Waals surface area contributed by atoms with E-state index in [0.717, 1.165) is 19.1 Å². The second kappa shape index (κ2) is 4.87. The van der Waals surface area contributed by atoms with Crippen molar-refractivity contribution in [3.8, 4) is 5.75 Å². The van der Waals surface area contributed by atoms with E-state index in [0.29, 0.717) is 6.29 Å². The Balaban J connectivity index is 3.36. The molecule has 0 fully saturated rings. The van der Waals surface area contributed by atoms with Crippen LogP contribution in [0.25, 0.3) is 0 Å². The summed E-state index contributed by atoms with van der Waals surface area (Å²) in [4.78, 5) is 21.8. The van der Waals surface area contributed by atoms with Crippen LogP contribution in [0.1, 0.15) is 27.6 Å². The number of ether oxygens (including phenoxy) is 1. The van der Waals surface area contributed by atoms with E-state index in [4.69, 9.17) is 0 Å². The van der Waals surface area contributed by atoms with Gasteiger partial charge in [-0.2, -0.15) is 0 Å². The summed E-state index contributed by atoms with van der Waals surface area (Å²) in [6, 6.07) is 2.06. The third kappa shape index (κ3) is 3.29. The van der Waals surface area contributed by atoms with Gasteiger partial charge >= 0.3 is 6.36 Å². The van der Waals surface area contributed by atoms with Crippen LogP contribution < -0.4 is 4.74 Å². The number of halogens is 4. The van der Waals surface area contributed by atoms with Crippen molar-refractivity contribution in [2.75, 3.05) is 0 Å². The van der Waals surface area contributed by atoms with Crippen molar-refractivity contribution in [3.05, 3.63) is 27.7 Å². The van der Waals surface area contributed by atoms with Gasteiger partial charge in [-0.1, -0.05) is 0 Å². The van der Waals surface area contributed by atoms with Gasteiger partial charge in [0.05, 0.1) is 5.56 Å². The number of carbonyl (C=O) groups is 2. The van der Waals surface area contributed by atoms with Crippen LogP contribution in [0.3, 0.4) is 0 Å². The van der Waals surface area contributed by atoms with E-state index >= 15 is 0 Å². The van der Waals surface area contributed by atoms with Crippen molar-refractivity contribution in [3.63, 3.8) is 0 Å². The Morgan fingerprint density at radius 3 is 2.41 bits per heavy atom. The molecule has 0 heterocycles. The number of alkyl halides is 3. The van der Waals surface area contributed by atoms with Gasteiger partial charge in [-0.25, -0.2) is 0 Å². The predicted octanol–water partition coefficient (Wildman–Crippen LogP) is 3.36. The van der Waals surface area contributed by atoms with Gasteiger partial charge in [-0.15, -0.1) is 13.2 Å². The van der Waals surface area contributed by atoms with Crippen LogP contribution in [0.5, 0.6) is 5.75 Å². The van der Waals surface area contributed by atoms with Crippen LogP contribution in [-0.2, 0) is 0 Å². The number of rotatable bonds is 3. The summed E-state index contributed by atoms with van der Waals surface area (Å²) < 4.78 is 39.9. The Morgan fingerprint density at radius 2 is 2.00 bits per heavy atom. The summed E-state index contributed by atoms with van der Waals surface area (Å²) in [5.74, 6) is -1.28. The zero-order valence-electron chi connectivity index (χ0n) is 8.47. The zero-order chi connectivity index (χ0) is 13.2. The van der Waals surface area contributed by atoms with E-state index in [1.54, 1.807) is 0 Å². The van der Waals surface area contributed by atoms with Gasteiger partial charge in [0, 0.05) is 10.0 Å². The summed E-state index contributed by atoms with van der Waals surface area (Å²) in [5, 5.41) is 0. The smallest absolute Gasteiger partial charge is 0.405 e. The van der Waals surface area contributed by atoms with Gasteiger partial charge in [-0.05, 0) is 35.0 Å². The first-order valence-corrected chi connectivity index (χ1v) is 5.10. The zero-order valence-corrected chi connectivity index (χ0v) is 10.1. The molecule has 0 saturated heterocycles. The molecule has 0 radical (unpaired) electrons. The molecule has 0 N–H and O–H groups in total. The molecule has 0 amide bonds. The molecule has 7 heteroatoms. The van der Waals surface area contributed by atoms with E-state index in [9.17, 15) is 22.8 Å². The largest absolute Gasteiger partial charge is 0.573 e. The lowest BCUT2D eigenvalue weighted by molar-refractivity contribution is -0.274. The van der Waals surface area contributed by atoms with Crippen LogP contribution in [-0.4, -0.2) is 18.4 Å². The molecule has 1 aromatic carbocycles. The fourth-order valence-corrected chi connectivity index (χ4v) is 1.90. The van der Waals surface area contributed by atoms with Gasteiger partial charge in [0.1, 0.15) is 5.75 Å². The van der Waals surface area contributed by atoms with Crippen LogP contribution in [0.4, 0.5) is 13.2 Å². The predicted molar refractivity (Wildman–Crippen MR) is 56.2 cm³/mol. The maximum Gasteiger partial charge on any atom is 0.573 e. The minimum atomic E-state index is -4.90. The molecule has 0 aromatic heterocycles. The van der Waals surface area contributed by atoms with Crippen molar-refractivity contribution in [2.24, 2.45) is 0 Å². The molecule has 0 atom stereocenters. The van der Waals surface area contributed by atoms with E-state index in [1.165, 1.54) is 0 Å². The number of aldehydes is 1. The molecule has 92 valence electrons. The van der Waals surface area contributed by atoms with Gasteiger partial charge in [-0.3, -0.25) is 9.59 Å². The molecule has 3 nitrogen and oxygen atoms in total. The molecule has 0 unspecified atom stereocenters. The monoisotopic (exact) mass is 310 g/mol. The summed E-state index contributed by atoms with van der Waals surface area (Å²) in [7, 11) is 0. The first-order chi connectivity index (χ1) is 7.76. The molecule has 1 rings (SSSR count). The molecular weight excluding hydrogens is 305 g/mol. The second-order valence-electron chi connectivity index (χ2n) is 3.06. The Morgan fingerprint density at radius 1 is 1.41 bits per heavy atom. The minimum absolute atomic E-state index is 0.0123. The fraction of sp³-hybridized carbons (Fsp3) is 0.200. The lowest BCUT2D eigenvalue weighted by Gasteiger charge is -2.13. The number of Topliss-reactive ketones (excluding diaryl/α,β-unsaturated/α-hetero) is 1. The average Bonchev–Trinajstić information content (AvgIpc) is 2.14. The maximum atomic E-state index is 12.1. The van der Waals surface area contributed by atoms with Crippen LogP contribution >= 0.6 is 15.9 Å². The van der Waals surface area contributed by atoms with E-state index in [-0.39, 0.29) is 15.6 Å². The van der Waals surface area contributed by atoms with E-state index < -0.39 is 17.9 Å². The van der Waals surface area contributed by atoms with E-state index in [2.05, 4.69) is 20.7 Å². The Kier molecular flexibility index (Phi) is 3.92. The van der Waals surface area contributed by atoms with Gasteiger partial charge in [0.2, 0.25) is 0 Å². The van der Waals surface area contributed by atoms with Gasteiger partial charge < -0.3 is 4.74 Å². The normalized spacial score (nSPS) is 11.1. The summed E-state index contributed by atoms with van der Waals surface area (Å²) in [6.45, 7) is 1.08. The standard InChI is InChI=1S/C10H6BrF3O3/c1-5(16)8-7(17-10(12,13)14)3-2-6(4-15)9(8)11/h2-4H,1H3. The van der Waals surface area contributed by atoms with Crippen molar-refractivity contribution in [1.29, 1.82) is 0 Å². The first kappa shape index (κ1) is 13.7. The summed E-state index contributed by atoms with van der Waals surface area (Å²) in [5.41, 5.74) is -0.239. The van der Waals surface area contributed by atoms with Crippen molar-refractivity contribution in [1.82, 2.24) is 0 Å². The van der Waals surface area contributed by atoms with Crippen molar-refractivity contribution >= 4 is 28.0 Å². The lowest BCUT2D eigenvalue weighted by atomic mass is 10.1.